The van der Waals surface area contributed by atoms with E-state index in [1.807, 2.05) is 6.07 Å². The van der Waals surface area contributed by atoms with Crippen molar-refractivity contribution in [3.63, 3.8) is 0 Å². The summed E-state index contributed by atoms with van der Waals surface area (Å²) in [4.78, 5) is 10.6. The normalized spacial score (nSPS) is 12.4. The third-order valence-corrected chi connectivity index (χ3v) is 15.4. The van der Waals surface area contributed by atoms with Gasteiger partial charge >= 0.3 is 0 Å². The van der Waals surface area contributed by atoms with E-state index in [4.69, 9.17) is 9.97 Å². The van der Waals surface area contributed by atoms with Crippen LogP contribution in [0.25, 0.3) is 111 Å². The largest absolute Gasteiger partial charge is 0.228 e. The summed E-state index contributed by atoms with van der Waals surface area (Å²) >= 11 is 0. The van der Waals surface area contributed by atoms with Crippen molar-refractivity contribution in [1.82, 2.24) is 9.97 Å². The van der Waals surface area contributed by atoms with Gasteiger partial charge in [0, 0.05) is 16.7 Å². The molecule has 0 saturated carbocycles. The van der Waals surface area contributed by atoms with Crippen LogP contribution >= 0.6 is 0 Å². The summed E-state index contributed by atoms with van der Waals surface area (Å²) in [7, 11) is 0. The van der Waals surface area contributed by atoms with Crippen LogP contribution in [0, 0.1) is 0 Å². The Morgan fingerprint density at radius 3 is 1.45 bits per heavy atom. The van der Waals surface area contributed by atoms with Crippen molar-refractivity contribution in [2.24, 2.45) is 0 Å². The molecule has 1 aliphatic rings. The number of nitrogens with zero attached hydrogens (tertiary/aromatic N) is 2. The Bertz CT molecular complexity index is 4220. The molecule has 2 nitrogen and oxygen atoms in total. The molecule has 75 heavy (non-hydrogen) atoms. The van der Waals surface area contributed by atoms with Gasteiger partial charge in [-0.2, -0.15) is 0 Å². The van der Waals surface area contributed by atoms with Gasteiger partial charge in [-0.3, -0.25) is 0 Å². The summed E-state index contributed by atoms with van der Waals surface area (Å²) in [5.74, 6) is 0.691. The first-order valence-corrected chi connectivity index (χ1v) is 25.8. The van der Waals surface area contributed by atoms with Crippen molar-refractivity contribution >= 4 is 21.5 Å². The minimum absolute atomic E-state index is 0.512. The Labute approximate surface area is 437 Å². The molecule has 0 aliphatic heterocycles. The van der Waals surface area contributed by atoms with E-state index in [9.17, 15) is 0 Å². The fourth-order valence-electron chi connectivity index (χ4n) is 11.9. The molecule has 0 amide bonds. The van der Waals surface area contributed by atoms with Crippen LogP contribution in [0.1, 0.15) is 22.3 Å². The quantitative estimate of drug-likeness (QED) is 0.144. The van der Waals surface area contributed by atoms with Crippen molar-refractivity contribution < 1.29 is 0 Å². The second kappa shape index (κ2) is 18.4. The van der Waals surface area contributed by atoms with Gasteiger partial charge in [0.05, 0.1) is 16.8 Å². The Balaban J connectivity index is 0.971. The lowest BCUT2D eigenvalue weighted by Crippen LogP contribution is -2.28. The summed E-state index contributed by atoms with van der Waals surface area (Å²) in [5.41, 5.74) is 21.3. The lowest BCUT2D eigenvalue weighted by Gasteiger charge is -2.34. The first kappa shape index (κ1) is 44.0. The molecule has 0 bridgehead atoms. The second-order valence-electron chi connectivity index (χ2n) is 19.6. The average molecular weight is 953 g/mol. The topological polar surface area (TPSA) is 25.8 Å². The number of fused-ring (bicyclic) bond motifs is 5. The molecule has 1 aromatic heterocycles. The van der Waals surface area contributed by atoms with E-state index >= 15 is 0 Å². The summed E-state index contributed by atoms with van der Waals surface area (Å²) in [6, 6.07) is 106. The molecule has 0 fully saturated rings. The van der Waals surface area contributed by atoms with Crippen LogP contribution < -0.4 is 0 Å². The maximum absolute atomic E-state index is 5.35. The van der Waals surface area contributed by atoms with Gasteiger partial charge < -0.3 is 0 Å². The van der Waals surface area contributed by atoms with Crippen molar-refractivity contribution in [2.45, 2.75) is 5.41 Å². The average Bonchev–Trinajstić information content (AvgIpc) is 3.81. The van der Waals surface area contributed by atoms with Crippen LogP contribution in [0.2, 0.25) is 0 Å². The molecule has 13 aromatic rings. The maximum atomic E-state index is 5.35. The van der Waals surface area contributed by atoms with Gasteiger partial charge in [-0.1, -0.05) is 261 Å². The van der Waals surface area contributed by atoms with Crippen LogP contribution in [-0.2, 0) is 5.41 Å². The molecular weight excluding hydrogens is 905 g/mol. The summed E-state index contributed by atoms with van der Waals surface area (Å²) in [5, 5.41) is 4.72. The maximum Gasteiger partial charge on any atom is 0.160 e. The number of benzene rings is 12. The van der Waals surface area contributed by atoms with Crippen molar-refractivity contribution in [1.29, 1.82) is 0 Å². The van der Waals surface area contributed by atoms with E-state index in [1.54, 1.807) is 0 Å². The molecule has 0 unspecified atom stereocenters. The van der Waals surface area contributed by atoms with Crippen molar-refractivity contribution in [2.75, 3.05) is 0 Å². The minimum atomic E-state index is -0.512. The highest BCUT2D eigenvalue weighted by Gasteiger charge is 2.46. The molecule has 2 heteroatoms. The Morgan fingerprint density at radius 2 is 0.733 bits per heavy atom. The zero-order valence-corrected chi connectivity index (χ0v) is 41.1. The predicted octanol–water partition coefficient (Wildman–Crippen LogP) is 18.8. The van der Waals surface area contributed by atoms with E-state index in [1.165, 1.54) is 72.0 Å². The van der Waals surface area contributed by atoms with Gasteiger partial charge in [0.1, 0.15) is 0 Å². The molecule has 0 saturated heterocycles. The highest BCUT2D eigenvalue weighted by atomic mass is 14.9. The predicted molar refractivity (Wildman–Crippen MR) is 312 cm³/mol. The molecule has 14 rings (SSSR count). The molecule has 0 radical (unpaired) electrons. The molecule has 12 aromatic carbocycles. The number of hydrogen-bond acceptors (Lipinski definition) is 2. The molecule has 0 N–H and O–H groups in total. The highest BCUT2D eigenvalue weighted by molar-refractivity contribution is 6.06. The number of hydrogen-bond donors (Lipinski definition) is 0. The first-order chi connectivity index (χ1) is 37.2. The summed E-state index contributed by atoms with van der Waals surface area (Å²) in [6.45, 7) is 0. The van der Waals surface area contributed by atoms with Crippen LogP contribution in [-0.4, -0.2) is 9.97 Å². The Kier molecular flexibility index (Phi) is 10.8. The summed E-state index contributed by atoms with van der Waals surface area (Å²) in [6.07, 6.45) is 0. The van der Waals surface area contributed by atoms with Crippen LogP contribution in [0.5, 0.6) is 0 Å². The lowest BCUT2D eigenvalue weighted by atomic mass is 9.67. The molecule has 1 aliphatic carbocycles. The fourth-order valence-corrected chi connectivity index (χ4v) is 11.9. The van der Waals surface area contributed by atoms with Crippen LogP contribution in [0.3, 0.4) is 0 Å². The van der Waals surface area contributed by atoms with E-state index in [0.29, 0.717) is 5.82 Å². The lowest BCUT2D eigenvalue weighted by molar-refractivity contribution is 0.768. The standard InChI is InChI=1S/C73H48N2/c1-5-20-49(21-6-1)51-36-39-52(40-37-51)69-48-70(75-72(74-69)53-23-7-2-8-24-53)65-43-42-61(63-30-15-16-31-64(63)65)57-45-56(55-41-38-50-22-13-14-25-54(50)44-55)46-58(47-57)62-33-19-35-68-71(62)66-32-17-18-34-67(66)73(68,59-26-9-3-10-27-59)60-28-11-4-12-29-60/h1-48H. The zero-order chi connectivity index (χ0) is 49.7. The monoisotopic (exact) mass is 952 g/mol. The van der Waals surface area contributed by atoms with Gasteiger partial charge in [-0.15, -0.1) is 0 Å². The van der Waals surface area contributed by atoms with Gasteiger partial charge in [0.25, 0.3) is 0 Å². The number of rotatable bonds is 9. The highest BCUT2D eigenvalue weighted by Crippen LogP contribution is 2.58. The minimum Gasteiger partial charge on any atom is -0.228 e. The molecular formula is C73H48N2. The van der Waals surface area contributed by atoms with Crippen molar-refractivity contribution in [3.8, 4) is 89.5 Å². The van der Waals surface area contributed by atoms with Gasteiger partial charge in [0.2, 0.25) is 0 Å². The van der Waals surface area contributed by atoms with Gasteiger partial charge in [-0.25, -0.2) is 9.97 Å². The molecule has 1 heterocycles. The Morgan fingerprint density at radius 1 is 0.240 bits per heavy atom. The molecule has 0 spiro atoms. The zero-order valence-electron chi connectivity index (χ0n) is 41.1. The van der Waals surface area contributed by atoms with Crippen LogP contribution in [0.4, 0.5) is 0 Å². The molecule has 0 atom stereocenters. The van der Waals surface area contributed by atoms with Gasteiger partial charge in [0.15, 0.2) is 5.82 Å². The van der Waals surface area contributed by atoms with Crippen LogP contribution in [0.15, 0.2) is 291 Å². The third-order valence-electron chi connectivity index (χ3n) is 15.4. The summed E-state index contributed by atoms with van der Waals surface area (Å²) < 4.78 is 0. The first-order valence-electron chi connectivity index (χ1n) is 25.8. The Hall–Kier alpha value is -9.76. The fraction of sp³-hybridized carbons (Fsp3) is 0.0137. The SMILES string of the molecule is c1ccc(-c2ccc(-c3cc(-c4ccc(-c5cc(-c6ccc7ccccc7c6)cc(-c6cccc7c6-c6ccccc6C7(c6ccccc6)c6ccccc6)c5)c5ccccc45)nc(-c4ccccc4)n3)cc2)cc1. The van der Waals surface area contributed by atoms with Gasteiger partial charge in [-0.05, 0) is 130 Å². The van der Waals surface area contributed by atoms with Crippen molar-refractivity contribution in [3.05, 3.63) is 313 Å². The van der Waals surface area contributed by atoms with E-state index in [-0.39, 0.29) is 0 Å². The van der Waals surface area contributed by atoms with E-state index in [2.05, 4.69) is 285 Å². The second-order valence-corrected chi connectivity index (χ2v) is 19.6. The molecule has 350 valence electrons. The number of aromatic nitrogens is 2. The van der Waals surface area contributed by atoms with E-state index in [0.717, 1.165) is 55.5 Å². The van der Waals surface area contributed by atoms with E-state index < -0.39 is 5.41 Å². The smallest absolute Gasteiger partial charge is 0.160 e. The third kappa shape index (κ3) is 7.58.